The minimum absolute atomic E-state index is 0.0208. The second-order valence-corrected chi connectivity index (χ2v) is 12.9. The first-order valence-electron chi connectivity index (χ1n) is 11.9. The first-order valence-corrected chi connectivity index (χ1v) is 13.6. The van der Waals surface area contributed by atoms with Gasteiger partial charge in [-0.15, -0.1) is 22.7 Å². The van der Waals surface area contributed by atoms with E-state index in [2.05, 4.69) is 0 Å². The molecule has 0 aliphatic heterocycles. The number of nitrogens with two attached hydrogens (primary N) is 1. The lowest BCUT2D eigenvalue weighted by Gasteiger charge is -2.21. The molecule has 0 radical (unpaired) electrons. The number of amides is 1. The number of halogens is 3. The third kappa shape index (κ3) is 9.94. The Balaban J connectivity index is 0.000000399. The molecule has 0 saturated carbocycles. The highest BCUT2D eigenvalue weighted by Crippen LogP contribution is 2.35. The van der Waals surface area contributed by atoms with E-state index >= 15 is 0 Å². The molecule has 214 valence electrons. The zero-order valence-corrected chi connectivity index (χ0v) is 25.0. The molecule has 2 heterocycles. The predicted octanol–water partition coefficient (Wildman–Crippen LogP) is 7.74. The maximum absolute atomic E-state index is 12.4. The van der Waals surface area contributed by atoms with Crippen LogP contribution in [0.25, 0.3) is 0 Å². The van der Waals surface area contributed by atoms with Crippen LogP contribution < -0.4 is 11.1 Å². The summed E-state index contributed by atoms with van der Waals surface area (Å²) in [6.07, 6.45) is -5.02. The number of nitrogen functional groups attached to an aromatic ring is 1. The van der Waals surface area contributed by atoms with Gasteiger partial charge in [-0.2, -0.15) is 13.2 Å². The molecule has 1 amide bonds. The number of nitrogens with one attached hydrogen (secondary N) is 1. The smallest absolute Gasteiger partial charge is 0.456 e. The number of hydrogen-bond donors (Lipinski definition) is 2. The van der Waals surface area contributed by atoms with Gasteiger partial charge < -0.3 is 20.5 Å². The molecule has 12 heteroatoms. The van der Waals surface area contributed by atoms with Gasteiger partial charge in [-0.05, 0) is 75.3 Å². The molecule has 0 aromatic carbocycles. The molecular formula is C26H37F3N2O5S2. The highest BCUT2D eigenvalue weighted by Gasteiger charge is 2.40. The molecule has 0 fully saturated rings. The van der Waals surface area contributed by atoms with Crippen LogP contribution in [0.5, 0.6) is 0 Å². The van der Waals surface area contributed by atoms with Crippen molar-refractivity contribution >= 4 is 50.5 Å². The van der Waals surface area contributed by atoms with Gasteiger partial charge in [-0.25, -0.2) is 9.59 Å². The molecule has 0 aliphatic carbocycles. The molecular weight excluding hydrogens is 541 g/mol. The summed E-state index contributed by atoms with van der Waals surface area (Å²) >= 11 is 2.26. The number of rotatable bonds is 5. The van der Waals surface area contributed by atoms with E-state index in [1.807, 2.05) is 40.0 Å². The molecule has 7 nitrogen and oxygen atoms in total. The average Bonchev–Trinajstić information content (AvgIpc) is 3.29. The fourth-order valence-electron chi connectivity index (χ4n) is 2.96. The molecule has 0 bridgehead atoms. The van der Waals surface area contributed by atoms with Crippen molar-refractivity contribution < 1.29 is 37.0 Å². The van der Waals surface area contributed by atoms with Gasteiger partial charge in [0.1, 0.15) is 21.2 Å². The number of carbonyl (C=O) groups excluding carboxylic acids is 3. The summed E-state index contributed by atoms with van der Waals surface area (Å²) in [7, 11) is 0. The zero-order valence-electron chi connectivity index (χ0n) is 23.4. The Bertz CT molecular complexity index is 1140. The monoisotopic (exact) mass is 578 g/mol. The van der Waals surface area contributed by atoms with Crippen LogP contribution in [0, 0.1) is 0 Å². The van der Waals surface area contributed by atoms with Gasteiger partial charge in [0, 0.05) is 0 Å². The van der Waals surface area contributed by atoms with E-state index < -0.39 is 29.3 Å². The fraction of sp³-hybridized carbons (Fsp3) is 0.577. The molecule has 2 aromatic rings. The normalized spacial score (nSPS) is 12.2. The maximum Gasteiger partial charge on any atom is 0.471 e. The maximum atomic E-state index is 12.4. The van der Waals surface area contributed by atoms with Crippen molar-refractivity contribution in [1.29, 1.82) is 0 Å². The van der Waals surface area contributed by atoms with E-state index in [-0.39, 0.29) is 28.4 Å². The SMILES string of the molecule is CC(C)c1csc(N)c1C(=O)OC(C)(C)C.CC(C)c1csc(NC(=O)C(F)(F)F)c1C(=O)OC(C)(C)C. The number of hydrogen-bond acceptors (Lipinski definition) is 8. The van der Waals surface area contributed by atoms with E-state index in [0.29, 0.717) is 16.1 Å². The topological polar surface area (TPSA) is 108 Å². The van der Waals surface area contributed by atoms with Crippen molar-refractivity contribution in [1.82, 2.24) is 0 Å². The van der Waals surface area contributed by atoms with Crippen LogP contribution in [0.4, 0.5) is 23.2 Å². The van der Waals surface area contributed by atoms with E-state index in [4.69, 9.17) is 15.2 Å². The van der Waals surface area contributed by atoms with Crippen LogP contribution in [-0.2, 0) is 14.3 Å². The molecule has 0 aliphatic rings. The Labute approximate surface area is 229 Å². The van der Waals surface area contributed by atoms with Crippen molar-refractivity contribution in [3.63, 3.8) is 0 Å². The van der Waals surface area contributed by atoms with Gasteiger partial charge in [0.15, 0.2) is 0 Å². The summed E-state index contributed by atoms with van der Waals surface area (Å²) in [6.45, 7) is 18.2. The minimum Gasteiger partial charge on any atom is -0.456 e. The molecule has 3 N–H and O–H groups in total. The molecule has 2 rings (SSSR count). The number of alkyl halides is 3. The Morgan fingerprint density at radius 1 is 0.789 bits per heavy atom. The van der Waals surface area contributed by atoms with E-state index in [1.165, 1.54) is 11.3 Å². The number of esters is 2. The number of ether oxygens (including phenoxy) is 2. The lowest BCUT2D eigenvalue weighted by atomic mass is 10.0. The lowest BCUT2D eigenvalue weighted by Crippen LogP contribution is -2.31. The Kier molecular flexibility index (Phi) is 11.0. The highest BCUT2D eigenvalue weighted by atomic mass is 32.1. The van der Waals surface area contributed by atoms with Crippen molar-refractivity contribution in [2.75, 3.05) is 11.1 Å². The fourth-order valence-corrected chi connectivity index (χ4v) is 5.03. The summed E-state index contributed by atoms with van der Waals surface area (Å²) in [4.78, 5) is 35.3. The second kappa shape index (κ2) is 12.5. The van der Waals surface area contributed by atoms with Crippen molar-refractivity contribution in [2.45, 2.75) is 98.5 Å². The zero-order chi connectivity index (χ0) is 29.8. The van der Waals surface area contributed by atoms with Crippen LogP contribution in [0.3, 0.4) is 0 Å². The summed E-state index contributed by atoms with van der Waals surface area (Å²) in [5.74, 6) is -3.02. The number of carbonyl (C=O) groups is 3. The Morgan fingerprint density at radius 2 is 1.18 bits per heavy atom. The molecule has 0 unspecified atom stereocenters. The van der Waals surface area contributed by atoms with E-state index in [1.54, 1.807) is 45.3 Å². The van der Waals surface area contributed by atoms with Gasteiger partial charge >= 0.3 is 24.0 Å². The highest BCUT2D eigenvalue weighted by molar-refractivity contribution is 7.15. The van der Waals surface area contributed by atoms with Crippen LogP contribution in [0.1, 0.15) is 113 Å². The van der Waals surface area contributed by atoms with Crippen molar-refractivity contribution in [3.05, 3.63) is 33.0 Å². The van der Waals surface area contributed by atoms with Gasteiger partial charge in [0.05, 0.1) is 11.1 Å². The quantitative estimate of drug-likeness (QED) is 0.352. The third-order valence-corrected chi connectivity index (χ3v) is 6.35. The second-order valence-electron chi connectivity index (χ2n) is 11.1. The van der Waals surface area contributed by atoms with Gasteiger partial charge in [-0.1, -0.05) is 27.7 Å². The Hall–Kier alpha value is -2.60. The van der Waals surface area contributed by atoms with Crippen molar-refractivity contribution in [3.8, 4) is 0 Å². The molecule has 0 saturated heterocycles. The predicted molar refractivity (Wildman–Crippen MR) is 146 cm³/mol. The van der Waals surface area contributed by atoms with Crippen LogP contribution in [0.15, 0.2) is 10.8 Å². The van der Waals surface area contributed by atoms with Crippen LogP contribution in [-0.4, -0.2) is 35.2 Å². The molecule has 0 spiro atoms. The third-order valence-electron chi connectivity index (χ3n) is 4.60. The van der Waals surface area contributed by atoms with Gasteiger partial charge in [-0.3, -0.25) is 4.79 Å². The average molecular weight is 579 g/mol. The van der Waals surface area contributed by atoms with Crippen LogP contribution in [0.2, 0.25) is 0 Å². The first kappa shape index (κ1) is 33.4. The minimum atomic E-state index is -5.02. The summed E-state index contributed by atoms with van der Waals surface area (Å²) in [5, 5.41) is 5.61. The standard InChI is InChI=1S/C14H18F3NO3S.C12H19NO2S/c1-7(2)8-6-22-10(18-12(20)14(15,16)17)9(8)11(19)21-13(3,4)5;1-7(2)8-6-16-10(13)9(8)11(14)15-12(3,4)5/h6-7H,1-5H3,(H,18,20);6-7H,13H2,1-5H3. The van der Waals surface area contributed by atoms with E-state index in [0.717, 1.165) is 16.9 Å². The molecule has 38 heavy (non-hydrogen) atoms. The molecule has 0 atom stereocenters. The van der Waals surface area contributed by atoms with Crippen LogP contribution >= 0.6 is 22.7 Å². The van der Waals surface area contributed by atoms with Crippen molar-refractivity contribution in [2.24, 2.45) is 0 Å². The van der Waals surface area contributed by atoms with E-state index in [9.17, 15) is 27.6 Å². The largest absolute Gasteiger partial charge is 0.471 e. The summed E-state index contributed by atoms with van der Waals surface area (Å²) in [6, 6.07) is 0. The first-order chi connectivity index (χ1) is 17.0. The summed E-state index contributed by atoms with van der Waals surface area (Å²) < 4.78 is 47.7. The molecule has 2 aromatic heterocycles. The number of thiophene rings is 2. The lowest BCUT2D eigenvalue weighted by molar-refractivity contribution is -0.167. The van der Waals surface area contributed by atoms with Gasteiger partial charge in [0.25, 0.3) is 0 Å². The van der Waals surface area contributed by atoms with Gasteiger partial charge in [0.2, 0.25) is 0 Å². The number of anilines is 2. The Morgan fingerprint density at radius 3 is 1.58 bits per heavy atom. The summed E-state index contributed by atoms with van der Waals surface area (Å²) in [5.41, 5.74) is 6.56.